The molecule has 0 radical (unpaired) electrons. The van der Waals surface area contributed by atoms with Crippen molar-refractivity contribution in [1.82, 2.24) is 0 Å². The Morgan fingerprint density at radius 1 is 1.10 bits per heavy atom. The molecule has 0 saturated carbocycles. The molecule has 0 bridgehead atoms. The zero-order valence-corrected chi connectivity index (χ0v) is 17.5. The Bertz CT molecular complexity index is 1040. The highest BCUT2D eigenvalue weighted by molar-refractivity contribution is 7.92. The lowest BCUT2D eigenvalue weighted by Gasteiger charge is -2.23. The summed E-state index contributed by atoms with van der Waals surface area (Å²) in [5, 5.41) is 2.37. The summed E-state index contributed by atoms with van der Waals surface area (Å²) in [4.78, 5) is 12.9. The summed E-state index contributed by atoms with van der Waals surface area (Å²) in [6.07, 6.45) is -4.58. The molecule has 164 valence electrons. The number of hydrogen-bond donors (Lipinski definition) is 1. The van der Waals surface area contributed by atoms with Crippen molar-refractivity contribution >= 4 is 27.3 Å². The first-order valence-corrected chi connectivity index (χ1v) is 10.3. The SMILES string of the molecule is CCS(=O)(=O)N(C)c1cc(OC)c(OC)cc1C(=O)Nc1cccc(C(F)(F)F)c1. The lowest BCUT2D eigenvalue weighted by Crippen LogP contribution is -2.30. The van der Waals surface area contributed by atoms with Crippen LogP contribution in [0.5, 0.6) is 11.5 Å². The normalized spacial score (nSPS) is 11.7. The topological polar surface area (TPSA) is 84.9 Å². The van der Waals surface area contributed by atoms with Crippen molar-refractivity contribution in [2.24, 2.45) is 0 Å². The average Bonchev–Trinajstić information content (AvgIpc) is 2.71. The predicted molar refractivity (Wildman–Crippen MR) is 107 cm³/mol. The van der Waals surface area contributed by atoms with Gasteiger partial charge >= 0.3 is 6.18 Å². The third-order valence-corrected chi connectivity index (χ3v) is 6.08. The van der Waals surface area contributed by atoms with Crippen molar-refractivity contribution in [3.8, 4) is 11.5 Å². The van der Waals surface area contributed by atoms with Gasteiger partial charge in [-0.3, -0.25) is 9.10 Å². The Hall–Kier alpha value is -2.95. The van der Waals surface area contributed by atoms with Gasteiger partial charge in [-0.25, -0.2) is 8.42 Å². The number of amides is 1. The van der Waals surface area contributed by atoms with Crippen LogP contribution in [0.15, 0.2) is 36.4 Å². The van der Waals surface area contributed by atoms with Crippen molar-refractivity contribution in [3.05, 3.63) is 47.5 Å². The number of sulfonamides is 1. The monoisotopic (exact) mass is 446 g/mol. The van der Waals surface area contributed by atoms with Crippen LogP contribution in [0, 0.1) is 0 Å². The molecule has 1 amide bonds. The quantitative estimate of drug-likeness (QED) is 0.700. The minimum Gasteiger partial charge on any atom is -0.493 e. The van der Waals surface area contributed by atoms with Gasteiger partial charge in [0.15, 0.2) is 11.5 Å². The van der Waals surface area contributed by atoms with E-state index in [0.717, 1.165) is 22.5 Å². The van der Waals surface area contributed by atoms with Crippen LogP contribution in [-0.2, 0) is 16.2 Å². The van der Waals surface area contributed by atoms with Gasteiger partial charge in [-0.15, -0.1) is 0 Å². The maximum atomic E-state index is 12.9. The van der Waals surface area contributed by atoms with E-state index in [4.69, 9.17) is 9.47 Å². The molecule has 2 aromatic rings. The third kappa shape index (κ3) is 4.96. The second-order valence-corrected chi connectivity index (χ2v) is 8.41. The van der Waals surface area contributed by atoms with E-state index < -0.39 is 27.7 Å². The van der Waals surface area contributed by atoms with Crippen LogP contribution in [0.3, 0.4) is 0 Å². The number of methoxy groups -OCH3 is 2. The van der Waals surface area contributed by atoms with Gasteiger partial charge in [-0.2, -0.15) is 13.2 Å². The maximum absolute atomic E-state index is 12.9. The van der Waals surface area contributed by atoms with Gasteiger partial charge in [0.25, 0.3) is 5.91 Å². The fourth-order valence-corrected chi connectivity index (χ4v) is 3.46. The number of carbonyl (C=O) groups is 1. The molecule has 11 heteroatoms. The summed E-state index contributed by atoms with van der Waals surface area (Å²) in [6.45, 7) is 1.44. The van der Waals surface area contributed by atoms with Crippen molar-refractivity contribution in [2.75, 3.05) is 36.6 Å². The smallest absolute Gasteiger partial charge is 0.416 e. The summed E-state index contributed by atoms with van der Waals surface area (Å²) < 4.78 is 74.7. The van der Waals surface area contributed by atoms with Gasteiger partial charge in [0, 0.05) is 18.8 Å². The molecule has 0 atom stereocenters. The predicted octanol–water partition coefficient (Wildman–Crippen LogP) is 3.76. The molecule has 1 N–H and O–H groups in total. The number of rotatable bonds is 7. The fourth-order valence-electron chi connectivity index (χ4n) is 2.63. The molecule has 30 heavy (non-hydrogen) atoms. The number of nitrogens with one attached hydrogen (secondary N) is 1. The van der Waals surface area contributed by atoms with Gasteiger partial charge in [-0.1, -0.05) is 6.07 Å². The standard InChI is InChI=1S/C19H21F3N2O5S/c1-5-30(26,27)24(2)15-11-17(29-4)16(28-3)10-14(15)18(25)23-13-8-6-7-12(9-13)19(20,21)22/h6-11H,5H2,1-4H3,(H,23,25). The Morgan fingerprint density at radius 3 is 2.23 bits per heavy atom. The van der Waals surface area contributed by atoms with E-state index in [0.29, 0.717) is 0 Å². The highest BCUT2D eigenvalue weighted by Gasteiger charge is 2.31. The number of carbonyl (C=O) groups excluding carboxylic acids is 1. The zero-order chi connectivity index (χ0) is 22.7. The summed E-state index contributed by atoms with van der Waals surface area (Å²) in [6, 6.07) is 6.68. The molecule has 0 aliphatic rings. The van der Waals surface area contributed by atoms with Crippen LogP contribution in [0.4, 0.5) is 24.5 Å². The second-order valence-electron chi connectivity index (χ2n) is 6.13. The third-order valence-electron chi connectivity index (χ3n) is 4.32. The number of benzene rings is 2. The molecule has 0 fully saturated rings. The van der Waals surface area contributed by atoms with Crippen molar-refractivity contribution in [1.29, 1.82) is 0 Å². The van der Waals surface area contributed by atoms with E-state index in [-0.39, 0.29) is 34.2 Å². The minimum atomic E-state index is -4.58. The van der Waals surface area contributed by atoms with Gasteiger partial charge in [0.2, 0.25) is 10.0 Å². The Kier molecular flexibility index (Phi) is 6.86. The second kappa shape index (κ2) is 8.82. The molecule has 2 aromatic carbocycles. The van der Waals surface area contributed by atoms with Gasteiger partial charge in [0.1, 0.15) is 0 Å². The molecule has 7 nitrogen and oxygen atoms in total. The number of hydrogen-bond acceptors (Lipinski definition) is 5. The lowest BCUT2D eigenvalue weighted by atomic mass is 10.1. The Balaban J connectivity index is 2.55. The molecular weight excluding hydrogens is 425 g/mol. The summed E-state index contributed by atoms with van der Waals surface area (Å²) in [7, 11) is 0.200. The summed E-state index contributed by atoms with van der Waals surface area (Å²) in [5.41, 5.74) is -1.17. The average molecular weight is 446 g/mol. The highest BCUT2D eigenvalue weighted by Crippen LogP contribution is 2.36. The Morgan fingerprint density at radius 2 is 1.70 bits per heavy atom. The molecule has 0 aliphatic heterocycles. The first kappa shape index (κ1) is 23.3. The Labute approximate surface area is 172 Å². The van der Waals surface area contributed by atoms with Crippen molar-refractivity contribution in [2.45, 2.75) is 13.1 Å². The van der Waals surface area contributed by atoms with Crippen LogP contribution in [0.2, 0.25) is 0 Å². The number of nitrogens with zero attached hydrogens (tertiary/aromatic N) is 1. The van der Waals surface area contributed by atoms with Crippen molar-refractivity contribution in [3.63, 3.8) is 0 Å². The molecule has 2 rings (SSSR count). The first-order chi connectivity index (χ1) is 13.9. The molecule has 0 heterocycles. The highest BCUT2D eigenvalue weighted by atomic mass is 32.2. The van der Waals surface area contributed by atoms with Gasteiger partial charge in [0.05, 0.1) is 36.8 Å². The summed E-state index contributed by atoms with van der Waals surface area (Å²) in [5.74, 6) is -0.713. The molecule has 0 aromatic heterocycles. The van der Waals surface area contributed by atoms with Gasteiger partial charge in [-0.05, 0) is 31.2 Å². The first-order valence-electron chi connectivity index (χ1n) is 8.65. The molecule has 0 spiro atoms. The number of alkyl halides is 3. The van der Waals surface area contributed by atoms with Crippen LogP contribution >= 0.6 is 0 Å². The van der Waals surface area contributed by atoms with E-state index in [1.54, 1.807) is 0 Å². The number of halogens is 3. The van der Waals surface area contributed by atoms with E-state index in [1.807, 2.05) is 0 Å². The van der Waals surface area contributed by atoms with Crippen molar-refractivity contribution < 1.29 is 35.9 Å². The van der Waals surface area contributed by atoms with E-state index >= 15 is 0 Å². The summed E-state index contributed by atoms with van der Waals surface area (Å²) >= 11 is 0. The maximum Gasteiger partial charge on any atom is 0.416 e. The minimum absolute atomic E-state index is 0.0148. The van der Waals surface area contributed by atoms with Gasteiger partial charge < -0.3 is 14.8 Å². The molecule has 0 aliphatic carbocycles. The zero-order valence-electron chi connectivity index (χ0n) is 16.7. The van der Waals surface area contributed by atoms with Crippen LogP contribution in [-0.4, -0.2) is 41.3 Å². The number of ether oxygens (including phenoxy) is 2. The van der Waals surface area contributed by atoms with Crippen LogP contribution in [0.25, 0.3) is 0 Å². The lowest BCUT2D eigenvalue weighted by molar-refractivity contribution is -0.137. The van der Waals surface area contributed by atoms with Crippen LogP contribution in [0.1, 0.15) is 22.8 Å². The van der Waals surface area contributed by atoms with E-state index in [9.17, 15) is 26.4 Å². The fraction of sp³-hybridized carbons (Fsp3) is 0.316. The number of anilines is 2. The molecule has 0 saturated heterocycles. The molecular formula is C19H21F3N2O5S. The van der Waals surface area contributed by atoms with Crippen LogP contribution < -0.4 is 19.1 Å². The molecule has 0 unspecified atom stereocenters. The van der Waals surface area contributed by atoms with E-state index in [1.165, 1.54) is 46.4 Å². The van der Waals surface area contributed by atoms with E-state index in [2.05, 4.69) is 5.32 Å². The largest absolute Gasteiger partial charge is 0.493 e.